The molecule has 1 N–H and O–H groups in total. The first-order chi connectivity index (χ1) is 14.1. The molecule has 0 fully saturated rings. The Labute approximate surface area is 180 Å². The smallest absolute Gasteiger partial charge is 0.266 e. The Hall–Kier alpha value is -3.06. The van der Waals surface area contributed by atoms with Gasteiger partial charge in [0.25, 0.3) is 5.91 Å². The Morgan fingerprint density at radius 3 is 2.53 bits per heavy atom. The normalized spacial score (nSPS) is 18.0. The van der Waals surface area contributed by atoms with E-state index in [9.17, 15) is 10.1 Å². The molecular weight excluding hydrogens is 370 g/mol. The summed E-state index contributed by atoms with van der Waals surface area (Å²) in [5.41, 5.74) is 5.38. The van der Waals surface area contributed by atoms with Crippen LogP contribution in [0.25, 0.3) is 6.08 Å². The number of amides is 1. The van der Waals surface area contributed by atoms with Crippen LogP contribution >= 0.6 is 0 Å². The minimum Gasteiger partial charge on any atom is -0.364 e. The summed E-state index contributed by atoms with van der Waals surface area (Å²) in [5.74, 6) is 0.0141. The number of fused-ring (bicyclic) bond motifs is 1. The van der Waals surface area contributed by atoms with Crippen LogP contribution in [0.2, 0.25) is 0 Å². The van der Waals surface area contributed by atoms with Gasteiger partial charge in [0.2, 0.25) is 0 Å². The third kappa shape index (κ3) is 4.26. The second-order valence-electron chi connectivity index (χ2n) is 9.14. The van der Waals surface area contributed by atoms with Crippen molar-refractivity contribution < 1.29 is 4.79 Å². The molecule has 156 valence electrons. The molecule has 4 nitrogen and oxygen atoms in total. The maximum atomic E-state index is 12.6. The van der Waals surface area contributed by atoms with E-state index < -0.39 is 0 Å². The molecule has 0 saturated heterocycles. The third-order valence-corrected chi connectivity index (χ3v) is 5.88. The van der Waals surface area contributed by atoms with Crippen LogP contribution in [0.15, 0.2) is 48.0 Å². The molecular formula is C26H31N3O. The first-order valence-corrected chi connectivity index (χ1v) is 10.6. The van der Waals surface area contributed by atoms with Gasteiger partial charge >= 0.3 is 0 Å². The second-order valence-corrected chi connectivity index (χ2v) is 9.14. The number of carbonyl (C=O) groups is 1. The lowest BCUT2D eigenvalue weighted by atomic mass is 9.78. The highest BCUT2D eigenvalue weighted by Crippen LogP contribution is 2.45. The number of aryl methyl sites for hydroxylation is 1. The van der Waals surface area contributed by atoms with E-state index in [4.69, 9.17) is 0 Å². The molecule has 2 aromatic carbocycles. The summed E-state index contributed by atoms with van der Waals surface area (Å²) in [5, 5.41) is 12.4. The summed E-state index contributed by atoms with van der Waals surface area (Å²) in [6, 6.07) is 16.0. The summed E-state index contributed by atoms with van der Waals surface area (Å²) in [7, 11) is 0. The van der Waals surface area contributed by atoms with Gasteiger partial charge in [-0.15, -0.1) is 0 Å². The van der Waals surface area contributed by atoms with Crippen LogP contribution in [-0.2, 0) is 4.79 Å². The van der Waals surface area contributed by atoms with E-state index in [2.05, 4.69) is 63.0 Å². The van der Waals surface area contributed by atoms with Crippen molar-refractivity contribution in [3.05, 3.63) is 64.7 Å². The number of nitriles is 1. The van der Waals surface area contributed by atoms with Crippen molar-refractivity contribution in [3.8, 4) is 6.07 Å². The van der Waals surface area contributed by atoms with Gasteiger partial charge in [-0.05, 0) is 94.0 Å². The Balaban J connectivity index is 2.00. The fourth-order valence-corrected chi connectivity index (χ4v) is 4.77. The van der Waals surface area contributed by atoms with Crippen molar-refractivity contribution >= 4 is 23.4 Å². The number of rotatable bonds is 4. The lowest BCUT2D eigenvalue weighted by Crippen LogP contribution is -2.51. The number of anilines is 2. The van der Waals surface area contributed by atoms with Crippen LogP contribution in [0, 0.1) is 18.3 Å². The van der Waals surface area contributed by atoms with Crippen molar-refractivity contribution in [3.63, 3.8) is 0 Å². The minimum atomic E-state index is -0.390. The third-order valence-electron chi connectivity index (χ3n) is 5.88. The van der Waals surface area contributed by atoms with E-state index in [1.165, 1.54) is 11.3 Å². The monoisotopic (exact) mass is 401 g/mol. The predicted octanol–water partition coefficient (Wildman–Crippen LogP) is 6.04. The SMILES string of the molecule is Cc1cc2c(cc1/C=C(/C#N)C(=O)Nc1ccccc1)C(C)CC(C)(C)N2C(C)C. The number of nitrogens with zero attached hydrogens (tertiary/aromatic N) is 2. The first-order valence-electron chi connectivity index (χ1n) is 10.6. The molecule has 1 unspecified atom stereocenters. The Morgan fingerprint density at radius 1 is 1.27 bits per heavy atom. The van der Waals surface area contributed by atoms with E-state index in [-0.39, 0.29) is 17.0 Å². The van der Waals surface area contributed by atoms with Crippen LogP contribution in [-0.4, -0.2) is 17.5 Å². The first kappa shape index (κ1) is 21.6. The van der Waals surface area contributed by atoms with Crippen molar-refractivity contribution in [2.24, 2.45) is 0 Å². The molecule has 0 bridgehead atoms. The van der Waals surface area contributed by atoms with Gasteiger partial charge in [0.1, 0.15) is 11.6 Å². The van der Waals surface area contributed by atoms with Crippen LogP contribution in [0.4, 0.5) is 11.4 Å². The van der Waals surface area contributed by atoms with E-state index in [1.807, 2.05) is 25.1 Å². The lowest BCUT2D eigenvalue weighted by molar-refractivity contribution is -0.112. The molecule has 0 spiro atoms. The number of hydrogen-bond donors (Lipinski definition) is 1. The summed E-state index contributed by atoms with van der Waals surface area (Å²) in [4.78, 5) is 15.1. The number of hydrogen-bond acceptors (Lipinski definition) is 3. The van der Waals surface area contributed by atoms with Gasteiger partial charge in [-0.1, -0.05) is 25.1 Å². The summed E-state index contributed by atoms with van der Waals surface area (Å²) in [6.07, 6.45) is 2.77. The predicted molar refractivity (Wildman–Crippen MR) is 125 cm³/mol. The average Bonchev–Trinajstić information content (AvgIpc) is 2.66. The number of para-hydroxylation sites is 1. The van der Waals surface area contributed by atoms with Crippen LogP contribution in [0.3, 0.4) is 0 Å². The number of benzene rings is 2. The van der Waals surface area contributed by atoms with Gasteiger partial charge in [0.15, 0.2) is 0 Å². The number of carbonyl (C=O) groups excluding carboxylic acids is 1. The summed E-state index contributed by atoms with van der Waals surface area (Å²) in [6.45, 7) is 13.4. The highest BCUT2D eigenvalue weighted by molar-refractivity contribution is 6.09. The topological polar surface area (TPSA) is 56.1 Å². The molecule has 0 saturated carbocycles. The quantitative estimate of drug-likeness (QED) is 0.502. The fourth-order valence-electron chi connectivity index (χ4n) is 4.77. The molecule has 2 aromatic rings. The Kier molecular flexibility index (Phi) is 6.03. The van der Waals surface area contributed by atoms with E-state index >= 15 is 0 Å². The van der Waals surface area contributed by atoms with Gasteiger partial charge in [-0.2, -0.15) is 5.26 Å². The van der Waals surface area contributed by atoms with Gasteiger partial charge < -0.3 is 10.2 Å². The fraction of sp³-hybridized carbons (Fsp3) is 0.385. The molecule has 3 rings (SSSR count). The molecule has 30 heavy (non-hydrogen) atoms. The maximum Gasteiger partial charge on any atom is 0.266 e. The molecule has 1 aliphatic heterocycles. The van der Waals surface area contributed by atoms with E-state index in [0.29, 0.717) is 17.6 Å². The van der Waals surface area contributed by atoms with E-state index in [1.54, 1.807) is 18.2 Å². The Bertz CT molecular complexity index is 1010. The zero-order valence-electron chi connectivity index (χ0n) is 18.8. The lowest BCUT2D eigenvalue weighted by Gasteiger charge is -2.50. The Morgan fingerprint density at radius 2 is 1.93 bits per heavy atom. The van der Waals surface area contributed by atoms with Crippen molar-refractivity contribution in [2.45, 2.75) is 65.5 Å². The minimum absolute atomic E-state index is 0.0811. The van der Waals surface area contributed by atoms with Gasteiger partial charge in [-0.25, -0.2) is 0 Å². The molecule has 1 heterocycles. The van der Waals surface area contributed by atoms with Crippen molar-refractivity contribution in [1.82, 2.24) is 0 Å². The molecule has 0 aromatic heterocycles. The molecule has 0 aliphatic carbocycles. The van der Waals surface area contributed by atoms with Gasteiger partial charge in [0, 0.05) is 23.0 Å². The summed E-state index contributed by atoms with van der Waals surface area (Å²) < 4.78 is 0. The molecule has 1 aliphatic rings. The van der Waals surface area contributed by atoms with Gasteiger partial charge in [-0.3, -0.25) is 4.79 Å². The standard InChI is InChI=1S/C26H31N3O/c1-17(2)29-24-12-18(3)20(14-23(24)19(4)15-26(29,5)6)13-21(16-27)25(30)28-22-10-8-7-9-11-22/h7-14,17,19H,15H2,1-6H3,(H,28,30)/b21-13-. The largest absolute Gasteiger partial charge is 0.364 e. The second kappa shape index (κ2) is 8.36. The molecule has 0 radical (unpaired) electrons. The van der Waals surface area contributed by atoms with Gasteiger partial charge in [0.05, 0.1) is 0 Å². The molecule has 1 amide bonds. The van der Waals surface area contributed by atoms with Crippen LogP contribution in [0.1, 0.15) is 63.6 Å². The van der Waals surface area contributed by atoms with E-state index in [0.717, 1.165) is 17.5 Å². The molecule has 4 heteroatoms. The highest BCUT2D eigenvalue weighted by atomic mass is 16.1. The zero-order valence-corrected chi connectivity index (χ0v) is 18.8. The highest BCUT2D eigenvalue weighted by Gasteiger charge is 2.37. The van der Waals surface area contributed by atoms with Crippen molar-refractivity contribution in [2.75, 3.05) is 10.2 Å². The average molecular weight is 402 g/mol. The summed E-state index contributed by atoms with van der Waals surface area (Å²) >= 11 is 0. The maximum absolute atomic E-state index is 12.6. The van der Waals surface area contributed by atoms with Crippen LogP contribution < -0.4 is 10.2 Å². The zero-order chi connectivity index (χ0) is 22.1. The van der Waals surface area contributed by atoms with Crippen LogP contribution in [0.5, 0.6) is 0 Å². The number of nitrogens with one attached hydrogen (secondary N) is 1. The molecule has 1 atom stereocenters. The van der Waals surface area contributed by atoms with Crippen molar-refractivity contribution in [1.29, 1.82) is 5.26 Å².